The highest BCUT2D eigenvalue weighted by atomic mass is 32.2. The van der Waals surface area contributed by atoms with Crippen molar-refractivity contribution in [1.29, 1.82) is 0 Å². The van der Waals surface area contributed by atoms with Crippen molar-refractivity contribution >= 4 is 23.6 Å². The summed E-state index contributed by atoms with van der Waals surface area (Å²) >= 11 is 1.60. The van der Waals surface area contributed by atoms with Crippen molar-refractivity contribution in [3.8, 4) is 0 Å². The Morgan fingerprint density at radius 1 is 1.22 bits per heavy atom. The number of carbonyl (C=O) groups excluding carboxylic acids is 1. The molecular weight excluding hydrogens is 250 g/mol. The summed E-state index contributed by atoms with van der Waals surface area (Å²) in [6.07, 6.45) is 0.324. The molecule has 0 aliphatic rings. The number of amides is 1. The fourth-order valence-corrected chi connectivity index (χ4v) is 2.60. The van der Waals surface area contributed by atoms with Gasteiger partial charge in [0.2, 0.25) is 5.91 Å². The zero-order valence-electron chi connectivity index (χ0n) is 10.5. The van der Waals surface area contributed by atoms with Gasteiger partial charge >= 0.3 is 5.97 Å². The van der Waals surface area contributed by atoms with Crippen molar-refractivity contribution in [1.82, 2.24) is 5.32 Å². The Hall–Kier alpha value is -1.49. The second-order valence-corrected chi connectivity index (χ2v) is 5.26. The van der Waals surface area contributed by atoms with Gasteiger partial charge < -0.3 is 10.4 Å². The van der Waals surface area contributed by atoms with E-state index in [0.29, 0.717) is 12.2 Å². The molecule has 0 aromatic heterocycles. The van der Waals surface area contributed by atoms with Crippen LogP contribution in [0.5, 0.6) is 0 Å². The first kappa shape index (κ1) is 14.6. The van der Waals surface area contributed by atoms with Crippen LogP contribution in [0, 0.1) is 13.8 Å². The van der Waals surface area contributed by atoms with Crippen molar-refractivity contribution in [2.75, 3.05) is 12.3 Å². The molecule has 1 aromatic carbocycles. The highest BCUT2D eigenvalue weighted by Crippen LogP contribution is 2.21. The average molecular weight is 267 g/mol. The molecule has 1 amide bonds. The first-order valence-electron chi connectivity index (χ1n) is 5.67. The largest absolute Gasteiger partial charge is 0.480 e. The van der Waals surface area contributed by atoms with Crippen LogP contribution in [0.3, 0.4) is 0 Å². The Bertz CT molecular complexity index is 426. The number of hydrogen-bond acceptors (Lipinski definition) is 3. The molecule has 4 nitrogen and oxygen atoms in total. The van der Waals surface area contributed by atoms with Crippen LogP contribution in [0.25, 0.3) is 0 Å². The Morgan fingerprint density at radius 3 is 2.39 bits per heavy atom. The third-order valence-electron chi connectivity index (χ3n) is 2.23. The van der Waals surface area contributed by atoms with Gasteiger partial charge in [-0.1, -0.05) is 6.07 Å². The maximum absolute atomic E-state index is 11.3. The smallest absolute Gasteiger partial charge is 0.322 e. The van der Waals surface area contributed by atoms with Crippen LogP contribution in [0.15, 0.2) is 23.1 Å². The summed E-state index contributed by atoms with van der Waals surface area (Å²) in [5, 5.41) is 10.7. The van der Waals surface area contributed by atoms with Crippen LogP contribution in [-0.4, -0.2) is 29.3 Å². The van der Waals surface area contributed by atoms with Crippen LogP contribution in [0.4, 0.5) is 0 Å². The summed E-state index contributed by atoms with van der Waals surface area (Å²) in [5.74, 6) is -0.603. The fraction of sp³-hybridized carbons (Fsp3) is 0.385. The molecule has 0 spiro atoms. The summed E-state index contributed by atoms with van der Waals surface area (Å²) in [4.78, 5) is 22.7. The number of aliphatic carboxylic acids is 1. The molecule has 0 aliphatic carbocycles. The number of hydrogen-bond donors (Lipinski definition) is 2. The minimum atomic E-state index is -1.02. The molecule has 0 atom stereocenters. The van der Waals surface area contributed by atoms with E-state index in [4.69, 9.17) is 5.11 Å². The van der Waals surface area contributed by atoms with E-state index in [2.05, 4.69) is 23.5 Å². The van der Waals surface area contributed by atoms with Crippen LogP contribution in [-0.2, 0) is 9.59 Å². The number of rotatable bonds is 6. The molecule has 2 N–H and O–H groups in total. The zero-order chi connectivity index (χ0) is 13.5. The van der Waals surface area contributed by atoms with E-state index in [0.717, 1.165) is 4.90 Å². The van der Waals surface area contributed by atoms with E-state index in [1.165, 1.54) is 11.1 Å². The van der Waals surface area contributed by atoms with E-state index in [1.807, 2.05) is 13.8 Å². The first-order chi connectivity index (χ1) is 8.47. The van der Waals surface area contributed by atoms with Gasteiger partial charge in [0.05, 0.1) is 0 Å². The van der Waals surface area contributed by atoms with E-state index >= 15 is 0 Å². The molecule has 0 radical (unpaired) electrons. The van der Waals surface area contributed by atoms with Gasteiger partial charge in [0.15, 0.2) is 0 Å². The Balaban J connectivity index is 2.33. The summed E-state index contributed by atoms with van der Waals surface area (Å²) in [7, 11) is 0. The quantitative estimate of drug-likeness (QED) is 0.774. The highest BCUT2D eigenvalue weighted by molar-refractivity contribution is 7.99. The van der Waals surface area contributed by atoms with Gasteiger partial charge in [0.25, 0.3) is 0 Å². The fourth-order valence-electron chi connectivity index (χ4n) is 1.54. The number of nitrogens with one attached hydrogen (secondary N) is 1. The van der Waals surface area contributed by atoms with Crippen molar-refractivity contribution in [3.63, 3.8) is 0 Å². The molecule has 0 saturated heterocycles. The van der Waals surface area contributed by atoms with Gasteiger partial charge in [0.1, 0.15) is 6.54 Å². The van der Waals surface area contributed by atoms with Gasteiger partial charge in [-0.3, -0.25) is 9.59 Å². The number of carboxylic acids is 1. The van der Waals surface area contributed by atoms with Crippen molar-refractivity contribution in [2.24, 2.45) is 0 Å². The molecule has 98 valence electrons. The van der Waals surface area contributed by atoms with Gasteiger partial charge in [-0.05, 0) is 37.1 Å². The molecule has 1 rings (SSSR count). The molecule has 0 saturated carbocycles. The normalized spacial score (nSPS) is 10.1. The lowest BCUT2D eigenvalue weighted by Crippen LogP contribution is -2.29. The van der Waals surface area contributed by atoms with E-state index in [-0.39, 0.29) is 12.5 Å². The number of carboxylic acid groups (broad SMARTS) is 1. The second kappa shape index (κ2) is 7.06. The minimum Gasteiger partial charge on any atom is -0.480 e. The minimum absolute atomic E-state index is 0.228. The number of aryl methyl sites for hydroxylation is 2. The van der Waals surface area contributed by atoms with Gasteiger partial charge in [-0.15, -0.1) is 11.8 Å². The predicted octanol–water partition coefficient (Wildman–Crippen LogP) is 1.99. The second-order valence-electron chi connectivity index (χ2n) is 4.09. The molecule has 18 heavy (non-hydrogen) atoms. The topological polar surface area (TPSA) is 66.4 Å². The maximum Gasteiger partial charge on any atom is 0.322 e. The van der Waals surface area contributed by atoms with Crippen LogP contribution >= 0.6 is 11.8 Å². The third kappa shape index (κ3) is 5.72. The predicted molar refractivity (Wildman–Crippen MR) is 71.9 cm³/mol. The molecular formula is C13H17NO3S. The SMILES string of the molecule is Cc1cc(C)cc(SCCC(=O)NCC(=O)O)c1. The molecule has 5 heteroatoms. The van der Waals surface area contributed by atoms with Gasteiger partial charge in [0, 0.05) is 17.1 Å². The maximum atomic E-state index is 11.3. The summed E-state index contributed by atoms with van der Waals surface area (Å²) < 4.78 is 0. The molecule has 0 bridgehead atoms. The Kier molecular flexibility index (Phi) is 5.71. The van der Waals surface area contributed by atoms with Crippen molar-refractivity contribution in [2.45, 2.75) is 25.2 Å². The highest BCUT2D eigenvalue weighted by Gasteiger charge is 2.04. The number of benzene rings is 1. The lowest BCUT2D eigenvalue weighted by Gasteiger charge is -2.05. The Morgan fingerprint density at radius 2 is 1.83 bits per heavy atom. The van der Waals surface area contributed by atoms with Gasteiger partial charge in [-0.25, -0.2) is 0 Å². The monoisotopic (exact) mass is 267 g/mol. The first-order valence-corrected chi connectivity index (χ1v) is 6.65. The summed E-state index contributed by atoms with van der Waals surface area (Å²) in [5.41, 5.74) is 2.40. The van der Waals surface area contributed by atoms with E-state index < -0.39 is 5.97 Å². The van der Waals surface area contributed by atoms with Crippen LogP contribution in [0.2, 0.25) is 0 Å². The average Bonchev–Trinajstić information content (AvgIpc) is 2.25. The summed E-state index contributed by atoms with van der Waals surface area (Å²) in [6.45, 7) is 3.76. The molecule has 0 unspecified atom stereocenters. The van der Waals surface area contributed by atoms with E-state index in [9.17, 15) is 9.59 Å². The Labute approximate surface area is 111 Å². The van der Waals surface area contributed by atoms with Gasteiger partial charge in [-0.2, -0.15) is 0 Å². The molecule has 1 aromatic rings. The van der Waals surface area contributed by atoms with Crippen molar-refractivity contribution in [3.05, 3.63) is 29.3 Å². The summed E-state index contributed by atoms with van der Waals surface area (Å²) in [6, 6.07) is 6.25. The lowest BCUT2D eigenvalue weighted by molar-refractivity contribution is -0.137. The lowest BCUT2D eigenvalue weighted by atomic mass is 10.2. The number of thioether (sulfide) groups is 1. The van der Waals surface area contributed by atoms with Crippen LogP contribution in [0.1, 0.15) is 17.5 Å². The zero-order valence-corrected chi connectivity index (χ0v) is 11.3. The molecule has 0 heterocycles. The molecule has 0 fully saturated rings. The number of carbonyl (C=O) groups is 2. The molecule has 0 aliphatic heterocycles. The van der Waals surface area contributed by atoms with Crippen molar-refractivity contribution < 1.29 is 14.7 Å². The van der Waals surface area contributed by atoms with E-state index in [1.54, 1.807) is 11.8 Å². The third-order valence-corrected chi connectivity index (χ3v) is 3.21. The standard InChI is InChI=1S/C13H17NO3S/c1-9-5-10(2)7-11(6-9)18-4-3-12(15)14-8-13(16)17/h5-7H,3-4,8H2,1-2H3,(H,14,15)(H,16,17). The van der Waals surface area contributed by atoms with Crippen LogP contribution < -0.4 is 5.32 Å².